The van der Waals surface area contributed by atoms with Crippen LogP contribution >= 0.6 is 0 Å². The predicted molar refractivity (Wildman–Crippen MR) is 104 cm³/mol. The molecule has 7 nitrogen and oxygen atoms in total. The summed E-state index contributed by atoms with van der Waals surface area (Å²) in [6.07, 6.45) is -0.0877. The molecule has 2 aromatic carbocycles. The van der Waals surface area contributed by atoms with E-state index >= 15 is 0 Å². The Labute approximate surface area is 167 Å². The number of benzene rings is 2. The highest BCUT2D eigenvalue weighted by molar-refractivity contribution is 5.91. The van der Waals surface area contributed by atoms with E-state index in [4.69, 9.17) is 5.73 Å². The van der Waals surface area contributed by atoms with Crippen LogP contribution in [-0.2, 0) is 27.2 Å². The number of nitriles is 1. The lowest BCUT2D eigenvalue weighted by Gasteiger charge is -2.22. The Bertz CT molecular complexity index is 955. The summed E-state index contributed by atoms with van der Waals surface area (Å²) in [4.78, 5) is 36.1. The first-order valence-electron chi connectivity index (χ1n) is 8.90. The van der Waals surface area contributed by atoms with Gasteiger partial charge in [-0.05, 0) is 23.3 Å². The number of primary amides is 1. The van der Waals surface area contributed by atoms with Crippen molar-refractivity contribution < 1.29 is 18.8 Å². The van der Waals surface area contributed by atoms with Crippen molar-refractivity contribution in [2.24, 2.45) is 5.73 Å². The van der Waals surface area contributed by atoms with E-state index < -0.39 is 35.6 Å². The van der Waals surface area contributed by atoms with Crippen molar-refractivity contribution in [2.75, 3.05) is 0 Å². The monoisotopic (exact) mass is 396 g/mol. The maximum Gasteiger partial charge on any atom is 0.243 e. The molecule has 2 rings (SSSR count). The van der Waals surface area contributed by atoms with Gasteiger partial charge in [0.15, 0.2) is 0 Å². The maximum absolute atomic E-state index is 14.0. The fourth-order valence-electron chi connectivity index (χ4n) is 2.86. The highest BCUT2D eigenvalue weighted by Gasteiger charge is 2.26. The number of nitrogens with one attached hydrogen (secondary N) is 2. The number of amides is 3. The molecule has 0 aromatic heterocycles. The number of nitrogens with two attached hydrogens (primary N) is 1. The Morgan fingerprint density at radius 2 is 1.59 bits per heavy atom. The van der Waals surface area contributed by atoms with Crippen LogP contribution in [0.3, 0.4) is 0 Å². The van der Waals surface area contributed by atoms with Gasteiger partial charge in [0.2, 0.25) is 17.7 Å². The number of hydrogen-bond acceptors (Lipinski definition) is 4. The zero-order valence-corrected chi connectivity index (χ0v) is 15.8. The predicted octanol–water partition coefficient (Wildman–Crippen LogP) is 0.957. The number of carbonyl (C=O) groups is 3. The molecule has 0 saturated heterocycles. The van der Waals surface area contributed by atoms with Crippen molar-refractivity contribution in [1.29, 1.82) is 5.26 Å². The average molecular weight is 396 g/mol. The third-order valence-electron chi connectivity index (χ3n) is 4.30. The molecule has 2 aromatic rings. The van der Waals surface area contributed by atoms with Gasteiger partial charge < -0.3 is 16.4 Å². The molecule has 0 heterocycles. The molecule has 150 valence electrons. The molecule has 4 N–H and O–H groups in total. The van der Waals surface area contributed by atoms with Crippen LogP contribution in [0, 0.1) is 17.1 Å². The van der Waals surface area contributed by atoms with Crippen molar-refractivity contribution in [1.82, 2.24) is 10.6 Å². The van der Waals surface area contributed by atoms with Gasteiger partial charge >= 0.3 is 0 Å². The van der Waals surface area contributed by atoms with E-state index in [0.29, 0.717) is 11.1 Å². The van der Waals surface area contributed by atoms with E-state index in [-0.39, 0.29) is 18.4 Å². The summed E-state index contributed by atoms with van der Waals surface area (Å²) in [5.74, 6) is -2.46. The molecule has 3 amide bonds. The highest BCUT2D eigenvalue weighted by atomic mass is 19.1. The minimum absolute atomic E-state index is 0.0112. The standard InChI is InChI=1S/C21H21FN4O3/c1-13(27)25-19(11-15-7-4-5-9-17(15)22)21(29)26-18(20(24)28)10-14-6-2-3-8-16(14)12-23/h2-9,18-19H,10-11H2,1H3,(H2,24,28)(H,25,27)(H,26,29)/t18-,19+/m0/s1. The van der Waals surface area contributed by atoms with Crippen LogP contribution in [-0.4, -0.2) is 29.8 Å². The molecule has 0 bridgehead atoms. The molecule has 0 aliphatic rings. The molecule has 0 radical (unpaired) electrons. The fraction of sp³-hybridized carbons (Fsp3) is 0.238. The minimum atomic E-state index is -1.10. The van der Waals surface area contributed by atoms with Crippen molar-refractivity contribution in [3.05, 3.63) is 71.0 Å². The largest absolute Gasteiger partial charge is 0.368 e. The number of hydrogen-bond donors (Lipinski definition) is 3. The summed E-state index contributed by atoms with van der Waals surface area (Å²) < 4.78 is 14.0. The lowest BCUT2D eigenvalue weighted by atomic mass is 9.99. The Morgan fingerprint density at radius 1 is 1.00 bits per heavy atom. The zero-order valence-electron chi connectivity index (χ0n) is 15.8. The Balaban J connectivity index is 2.20. The van der Waals surface area contributed by atoms with Gasteiger partial charge in [-0.1, -0.05) is 36.4 Å². The summed E-state index contributed by atoms with van der Waals surface area (Å²) in [6.45, 7) is 1.23. The van der Waals surface area contributed by atoms with Gasteiger partial charge in [-0.15, -0.1) is 0 Å². The van der Waals surface area contributed by atoms with Crippen molar-refractivity contribution in [3.8, 4) is 6.07 Å². The summed E-state index contributed by atoms with van der Waals surface area (Å²) >= 11 is 0. The summed E-state index contributed by atoms with van der Waals surface area (Å²) in [5, 5.41) is 14.2. The van der Waals surface area contributed by atoms with Gasteiger partial charge in [-0.25, -0.2) is 4.39 Å². The molecule has 2 atom stereocenters. The zero-order chi connectivity index (χ0) is 21.4. The molecule has 0 saturated carbocycles. The average Bonchev–Trinajstić information content (AvgIpc) is 2.68. The van der Waals surface area contributed by atoms with Gasteiger partial charge in [0.25, 0.3) is 0 Å². The Kier molecular flexibility index (Phi) is 7.43. The van der Waals surface area contributed by atoms with Gasteiger partial charge in [-0.3, -0.25) is 14.4 Å². The number of rotatable bonds is 8. The quantitative estimate of drug-likeness (QED) is 0.614. The van der Waals surface area contributed by atoms with Crippen LogP contribution in [0.25, 0.3) is 0 Å². The number of halogens is 1. The first-order chi connectivity index (χ1) is 13.8. The van der Waals surface area contributed by atoms with E-state index in [1.165, 1.54) is 25.1 Å². The van der Waals surface area contributed by atoms with E-state index in [1.807, 2.05) is 6.07 Å². The normalized spacial score (nSPS) is 12.3. The van der Waals surface area contributed by atoms with Crippen LogP contribution in [0.1, 0.15) is 23.6 Å². The molecular formula is C21H21FN4O3. The first kappa shape index (κ1) is 21.6. The molecular weight excluding hydrogens is 375 g/mol. The van der Waals surface area contributed by atoms with Crippen LogP contribution < -0.4 is 16.4 Å². The second-order valence-electron chi connectivity index (χ2n) is 6.49. The molecule has 0 aliphatic heterocycles. The third kappa shape index (κ3) is 6.14. The second kappa shape index (κ2) is 9.99. The lowest BCUT2D eigenvalue weighted by molar-refractivity contribution is -0.130. The number of nitrogens with zero attached hydrogens (tertiary/aromatic N) is 1. The van der Waals surface area contributed by atoms with Gasteiger partial charge in [0, 0.05) is 19.8 Å². The Morgan fingerprint density at radius 3 is 2.17 bits per heavy atom. The van der Waals surface area contributed by atoms with Gasteiger partial charge in [-0.2, -0.15) is 5.26 Å². The topological polar surface area (TPSA) is 125 Å². The van der Waals surface area contributed by atoms with Crippen molar-refractivity contribution in [2.45, 2.75) is 31.8 Å². The van der Waals surface area contributed by atoms with E-state index in [2.05, 4.69) is 10.6 Å². The molecule has 0 aliphatic carbocycles. The first-order valence-corrected chi connectivity index (χ1v) is 8.90. The van der Waals surface area contributed by atoms with Gasteiger partial charge in [0.05, 0.1) is 11.6 Å². The smallest absolute Gasteiger partial charge is 0.243 e. The highest BCUT2D eigenvalue weighted by Crippen LogP contribution is 2.12. The molecule has 0 spiro atoms. The van der Waals surface area contributed by atoms with Crippen LogP contribution in [0.2, 0.25) is 0 Å². The summed E-state index contributed by atoms with van der Waals surface area (Å²) in [6, 6.07) is 12.3. The second-order valence-corrected chi connectivity index (χ2v) is 6.49. The van der Waals surface area contributed by atoms with Crippen LogP contribution in [0.4, 0.5) is 4.39 Å². The SMILES string of the molecule is CC(=O)N[C@H](Cc1ccccc1F)C(=O)N[C@@H](Cc1ccccc1C#N)C(N)=O. The minimum Gasteiger partial charge on any atom is -0.368 e. The van der Waals surface area contributed by atoms with E-state index in [1.54, 1.807) is 30.3 Å². The molecule has 8 heteroatoms. The fourth-order valence-corrected chi connectivity index (χ4v) is 2.86. The van der Waals surface area contributed by atoms with E-state index in [9.17, 15) is 24.0 Å². The lowest BCUT2D eigenvalue weighted by Crippen LogP contribution is -2.54. The van der Waals surface area contributed by atoms with Crippen LogP contribution in [0.15, 0.2) is 48.5 Å². The van der Waals surface area contributed by atoms with Gasteiger partial charge in [0.1, 0.15) is 17.9 Å². The summed E-state index contributed by atoms with van der Waals surface area (Å²) in [5.41, 5.74) is 6.57. The van der Waals surface area contributed by atoms with Crippen molar-refractivity contribution in [3.63, 3.8) is 0 Å². The number of carbonyl (C=O) groups excluding carboxylic acids is 3. The molecule has 0 unspecified atom stereocenters. The molecule has 29 heavy (non-hydrogen) atoms. The molecule has 0 fully saturated rings. The Hall–Kier alpha value is -3.73. The maximum atomic E-state index is 14.0. The van der Waals surface area contributed by atoms with Crippen LogP contribution in [0.5, 0.6) is 0 Å². The summed E-state index contributed by atoms with van der Waals surface area (Å²) in [7, 11) is 0. The van der Waals surface area contributed by atoms with E-state index in [0.717, 1.165) is 0 Å². The van der Waals surface area contributed by atoms with Crippen molar-refractivity contribution >= 4 is 17.7 Å². The third-order valence-corrected chi connectivity index (χ3v) is 4.30.